The second-order valence-corrected chi connectivity index (χ2v) is 14.1. The Balaban J connectivity index is 1.19. The SMILES string of the molecule is c1ccc(-c2cc(-c3ccccc3)cc(-c3cc4ccccc4c4c3oc3c(N(c5ccccc5)c5ccc6c(c5)oc5ccccc56)cccc34)c2)cc1. The Bertz CT molecular complexity index is 3140. The van der Waals surface area contributed by atoms with Gasteiger partial charge in [-0.1, -0.05) is 133 Å². The average molecular weight is 704 g/mol. The number of hydrogen-bond donors (Lipinski definition) is 0. The van der Waals surface area contributed by atoms with Crippen LogP contribution in [0.1, 0.15) is 0 Å². The molecule has 55 heavy (non-hydrogen) atoms. The van der Waals surface area contributed by atoms with Crippen molar-refractivity contribution in [1.29, 1.82) is 0 Å². The summed E-state index contributed by atoms with van der Waals surface area (Å²) in [6.07, 6.45) is 0. The summed E-state index contributed by atoms with van der Waals surface area (Å²) in [6.45, 7) is 0. The fraction of sp³-hybridized carbons (Fsp3) is 0. The molecule has 0 unspecified atom stereocenters. The molecule has 0 radical (unpaired) electrons. The first-order chi connectivity index (χ1) is 27.3. The van der Waals surface area contributed by atoms with Gasteiger partial charge >= 0.3 is 0 Å². The lowest BCUT2D eigenvalue weighted by Gasteiger charge is -2.25. The summed E-state index contributed by atoms with van der Waals surface area (Å²) >= 11 is 0. The van der Waals surface area contributed by atoms with Gasteiger partial charge in [0, 0.05) is 38.9 Å². The number of nitrogens with zero attached hydrogens (tertiary/aromatic N) is 1. The molecule has 0 aliphatic carbocycles. The molecule has 2 heterocycles. The van der Waals surface area contributed by atoms with Crippen LogP contribution in [0.3, 0.4) is 0 Å². The first kappa shape index (κ1) is 31.2. The standard InChI is InChI=1S/C52H33NO2/c1-4-15-34(16-5-1)37-29-38(35-17-6-2-7-18-35)31-39(30-37)46-32-36-19-10-11-22-42(36)50-45-24-14-25-47(51(45)55-52(46)50)53(40-20-8-3-9-21-40)41-27-28-44-43-23-12-13-26-48(43)54-49(44)33-41/h1-33H. The Hall–Kier alpha value is -7.36. The highest BCUT2D eigenvalue weighted by atomic mass is 16.3. The van der Waals surface area contributed by atoms with E-state index in [-0.39, 0.29) is 0 Å². The Kier molecular flexibility index (Phi) is 7.17. The predicted molar refractivity (Wildman–Crippen MR) is 229 cm³/mol. The van der Waals surface area contributed by atoms with E-state index in [4.69, 9.17) is 8.83 Å². The van der Waals surface area contributed by atoms with Gasteiger partial charge in [-0.3, -0.25) is 0 Å². The Morgan fingerprint density at radius 2 is 0.927 bits per heavy atom. The molecule has 0 fully saturated rings. The fourth-order valence-corrected chi connectivity index (χ4v) is 8.26. The maximum Gasteiger partial charge on any atom is 0.159 e. The van der Waals surface area contributed by atoms with Crippen LogP contribution < -0.4 is 4.90 Å². The number of benzene rings is 9. The minimum atomic E-state index is 0.825. The predicted octanol–water partition coefficient (Wildman–Crippen LogP) is 15.1. The van der Waals surface area contributed by atoms with E-state index < -0.39 is 0 Å². The Morgan fingerprint density at radius 1 is 0.327 bits per heavy atom. The number of para-hydroxylation sites is 3. The zero-order chi connectivity index (χ0) is 36.3. The topological polar surface area (TPSA) is 29.5 Å². The van der Waals surface area contributed by atoms with Crippen LogP contribution in [0.2, 0.25) is 0 Å². The van der Waals surface area contributed by atoms with Crippen molar-refractivity contribution in [3.8, 4) is 33.4 Å². The lowest BCUT2D eigenvalue weighted by molar-refractivity contribution is 0.668. The third-order valence-corrected chi connectivity index (χ3v) is 10.8. The molecular weight excluding hydrogens is 671 g/mol. The molecule has 0 aliphatic heterocycles. The van der Waals surface area contributed by atoms with Crippen molar-refractivity contribution in [3.63, 3.8) is 0 Å². The Morgan fingerprint density at radius 3 is 1.67 bits per heavy atom. The van der Waals surface area contributed by atoms with E-state index in [0.717, 1.165) is 88.6 Å². The maximum absolute atomic E-state index is 7.26. The maximum atomic E-state index is 7.26. The van der Waals surface area contributed by atoms with Gasteiger partial charge in [-0.2, -0.15) is 0 Å². The molecule has 3 heteroatoms. The molecule has 3 nitrogen and oxygen atoms in total. The first-order valence-electron chi connectivity index (χ1n) is 18.7. The van der Waals surface area contributed by atoms with Crippen LogP contribution >= 0.6 is 0 Å². The molecule has 0 N–H and O–H groups in total. The normalized spacial score (nSPS) is 11.6. The first-order valence-corrected chi connectivity index (χ1v) is 18.7. The minimum Gasteiger partial charge on any atom is -0.456 e. The number of rotatable bonds is 6. The molecule has 2 aromatic heterocycles. The lowest BCUT2D eigenvalue weighted by Crippen LogP contribution is -2.09. The third kappa shape index (κ3) is 5.20. The molecule has 0 spiro atoms. The van der Waals surface area contributed by atoms with E-state index in [2.05, 4.69) is 193 Å². The summed E-state index contributed by atoms with van der Waals surface area (Å²) in [4.78, 5) is 2.28. The molecule has 258 valence electrons. The summed E-state index contributed by atoms with van der Waals surface area (Å²) in [5.74, 6) is 0. The van der Waals surface area contributed by atoms with Crippen molar-refractivity contribution in [3.05, 3.63) is 200 Å². The monoisotopic (exact) mass is 703 g/mol. The molecule has 0 amide bonds. The van der Waals surface area contributed by atoms with Crippen molar-refractivity contribution >= 4 is 71.7 Å². The van der Waals surface area contributed by atoms with Gasteiger partial charge in [-0.25, -0.2) is 0 Å². The second kappa shape index (κ2) is 12.6. The molecule has 0 bridgehead atoms. The van der Waals surface area contributed by atoms with E-state index in [9.17, 15) is 0 Å². The largest absolute Gasteiger partial charge is 0.456 e. The molecule has 9 aromatic carbocycles. The molecule has 0 saturated heterocycles. The van der Waals surface area contributed by atoms with Crippen molar-refractivity contribution < 1.29 is 8.83 Å². The smallest absolute Gasteiger partial charge is 0.159 e. The summed E-state index contributed by atoms with van der Waals surface area (Å²) in [7, 11) is 0. The van der Waals surface area contributed by atoms with Crippen LogP contribution in [-0.4, -0.2) is 0 Å². The highest BCUT2D eigenvalue weighted by Crippen LogP contribution is 2.47. The van der Waals surface area contributed by atoms with E-state index in [0.29, 0.717) is 0 Å². The number of fused-ring (bicyclic) bond motifs is 8. The van der Waals surface area contributed by atoms with E-state index in [1.165, 1.54) is 16.5 Å². The van der Waals surface area contributed by atoms with Gasteiger partial charge in [0.1, 0.15) is 16.7 Å². The van der Waals surface area contributed by atoms with Gasteiger partial charge in [0.25, 0.3) is 0 Å². The minimum absolute atomic E-state index is 0.825. The molecule has 0 aliphatic rings. The van der Waals surface area contributed by atoms with Crippen LogP contribution in [0.15, 0.2) is 209 Å². The quantitative estimate of drug-likeness (QED) is 0.173. The van der Waals surface area contributed by atoms with Crippen LogP contribution in [0, 0.1) is 0 Å². The fourth-order valence-electron chi connectivity index (χ4n) is 8.26. The summed E-state index contributed by atoms with van der Waals surface area (Å²) in [5.41, 5.74) is 13.2. The zero-order valence-corrected chi connectivity index (χ0v) is 29.8. The van der Waals surface area contributed by atoms with Gasteiger partial charge in [0.2, 0.25) is 0 Å². The van der Waals surface area contributed by atoms with Gasteiger partial charge in [0.15, 0.2) is 5.58 Å². The molecule has 11 rings (SSSR count). The summed E-state index contributed by atoms with van der Waals surface area (Å²) in [5, 5.41) is 6.71. The molecule has 11 aromatic rings. The molecule has 0 atom stereocenters. The van der Waals surface area contributed by atoms with Crippen molar-refractivity contribution in [2.75, 3.05) is 4.90 Å². The van der Waals surface area contributed by atoms with Crippen LogP contribution in [0.25, 0.3) is 88.0 Å². The van der Waals surface area contributed by atoms with Gasteiger partial charge < -0.3 is 13.7 Å². The molecule has 0 saturated carbocycles. The number of hydrogen-bond acceptors (Lipinski definition) is 3. The number of anilines is 3. The van der Waals surface area contributed by atoms with Crippen molar-refractivity contribution in [2.45, 2.75) is 0 Å². The average Bonchev–Trinajstić information content (AvgIpc) is 3.84. The van der Waals surface area contributed by atoms with Crippen LogP contribution in [0.5, 0.6) is 0 Å². The summed E-state index contributed by atoms with van der Waals surface area (Å²) < 4.78 is 13.7. The van der Waals surface area contributed by atoms with E-state index >= 15 is 0 Å². The van der Waals surface area contributed by atoms with Gasteiger partial charge in [-0.15, -0.1) is 0 Å². The van der Waals surface area contributed by atoms with E-state index in [1.807, 2.05) is 12.1 Å². The van der Waals surface area contributed by atoms with Crippen molar-refractivity contribution in [1.82, 2.24) is 0 Å². The van der Waals surface area contributed by atoms with Crippen LogP contribution in [-0.2, 0) is 0 Å². The second-order valence-electron chi connectivity index (χ2n) is 14.1. The van der Waals surface area contributed by atoms with Gasteiger partial charge in [0.05, 0.1) is 11.4 Å². The van der Waals surface area contributed by atoms with Crippen molar-refractivity contribution in [2.24, 2.45) is 0 Å². The molecular formula is C52H33NO2. The highest BCUT2D eigenvalue weighted by molar-refractivity contribution is 6.24. The lowest BCUT2D eigenvalue weighted by atomic mass is 9.91. The summed E-state index contributed by atoms with van der Waals surface area (Å²) in [6, 6.07) is 70.8. The third-order valence-electron chi connectivity index (χ3n) is 10.8. The number of furan rings is 2. The zero-order valence-electron chi connectivity index (χ0n) is 29.8. The van der Waals surface area contributed by atoms with Gasteiger partial charge in [-0.05, 0) is 99.3 Å². The van der Waals surface area contributed by atoms with E-state index in [1.54, 1.807) is 0 Å². The highest BCUT2D eigenvalue weighted by Gasteiger charge is 2.23. The Labute approximate surface area is 317 Å². The van der Waals surface area contributed by atoms with Crippen LogP contribution in [0.4, 0.5) is 17.1 Å².